The fourth-order valence-corrected chi connectivity index (χ4v) is 3.41. The van der Waals surface area contributed by atoms with Crippen LogP contribution in [0.1, 0.15) is 17.2 Å². The number of hydrogen-bond donors (Lipinski definition) is 1. The van der Waals surface area contributed by atoms with E-state index in [0.717, 1.165) is 17.7 Å². The van der Waals surface area contributed by atoms with Gasteiger partial charge in [-0.25, -0.2) is 8.42 Å². The summed E-state index contributed by atoms with van der Waals surface area (Å²) in [5, 5.41) is 3.57. The zero-order valence-electron chi connectivity index (χ0n) is 14.1. The van der Waals surface area contributed by atoms with Crippen LogP contribution in [0.15, 0.2) is 89.8 Å². The molecule has 0 bridgehead atoms. The lowest BCUT2D eigenvalue weighted by atomic mass is 9.98. The highest BCUT2D eigenvalue weighted by molar-refractivity contribution is 7.90. The second kappa shape index (κ2) is 7.53. The van der Waals surface area contributed by atoms with Crippen molar-refractivity contribution in [2.45, 2.75) is 17.4 Å². The third-order valence-corrected chi connectivity index (χ3v) is 5.24. The minimum atomic E-state index is -3.16. The third kappa shape index (κ3) is 4.70. The van der Waals surface area contributed by atoms with Gasteiger partial charge in [0.2, 0.25) is 0 Å². The van der Waals surface area contributed by atoms with Crippen molar-refractivity contribution in [3.8, 4) is 0 Å². The Labute approximate surface area is 149 Å². The molecule has 0 fully saturated rings. The molecule has 3 aromatic rings. The molecule has 3 nitrogen and oxygen atoms in total. The van der Waals surface area contributed by atoms with Crippen molar-refractivity contribution >= 4 is 15.5 Å². The maximum absolute atomic E-state index is 11.6. The van der Waals surface area contributed by atoms with Gasteiger partial charge in [0.05, 0.1) is 10.9 Å². The number of benzene rings is 3. The molecule has 0 aliphatic carbocycles. The summed E-state index contributed by atoms with van der Waals surface area (Å²) in [6.45, 7) is 0. The first-order chi connectivity index (χ1) is 12.0. The molecule has 128 valence electrons. The van der Waals surface area contributed by atoms with Crippen LogP contribution in [0.25, 0.3) is 0 Å². The summed E-state index contributed by atoms with van der Waals surface area (Å²) < 4.78 is 23.2. The van der Waals surface area contributed by atoms with Gasteiger partial charge < -0.3 is 5.32 Å². The fourth-order valence-electron chi connectivity index (χ4n) is 2.78. The van der Waals surface area contributed by atoms with E-state index >= 15 is 0 Å². The second-order valence-corrected chi connectivity index (χ2v) is 8.11. The van der Waals surface area contributed by atoms with Gasteiger partial charge in [-0.05, 0) is 41.8 Å². The van der Waals surface area contributed by atoms with Crippen molar-refractivity contribution in [1.29, 1.82) is 0 Å². The molecule has 25 heavy (non-hydrogen) atoms. The van der Waals surface area contributed by atoms with Crippen molar-refractivity contribution in [2.24, 2.45) is 0 Å². The van der Waals surface area contributed by atoms with Gasteiger partial charge in [0.1, 0.15) is 0 Å². The average Bonchev–Trinajstić information content (AvgIpc) is 2.62. The van der Waals surface area contributed by atoms with E-state index in [4.69, 9.17) is 0 Å². The van der Waals surface area contributed by atoms with E-state index in [0.29, 0.717) is 4.90 Å². The number of sulfone groups is 1. The molecule has 1 unspecified atom stereocenters. The zero-order valence-corrected chi connectivity index (χ0v) is 14.9. The molecule has 0 heterocycles. The van der Waals surface area contributed by atoms with E-state index in [2.05, 4.69) is 17.4 Å². The van der Waals surface area contributed by atoms with Gasteiger partial charge in [0, 0.05) is 11.9 Å². The zero-order chi connectivity index (χ0) is 17.7. The number of hydrogen-bond acceptors (Lipinski definition) is 3. The predicted octanol–water partition coefficient (Wildman–Crippen LogP) is 4.49. The van der Waals surface area contributed by atoms with E-state index in [1.54, 1.807) is 12.1 Å². The maximum Gasteiger partial charge on any atom is 0.175 e. The van der Waals surface area contributed by atoms with Gasteiger partial charge in [-0.15, -0.1) is 0 Å². The molecule has 1 N–H and O–H groups in total. The molecule has 0 saturated heterocycles. The van der Waals surface area contributed by atoms with Crippen LogP contribution in [0.4, 0.5) is 5.69 Å². The summed E-state index contributed by atoms with van der Waals surface area (Å²) in [5.41, 5.74) is 3.34. The summed E-state index contributed by atoms with van der Waals surface area (Å²) >= 11 is 0. The Morgan fingerprint density at radius 3 is 1.92 bits per heavy atom. The van der Waals surface area contributed by atoms with E-state index in [-0.39, 0.29) is 6.04 Å². The van der Waals surface area contributed by atoms with Crippen LogP contribution in [-0.2, 0) is 16.3 Å². The molecule has 4 heteroatoms. The van der Waals surface area contributed by atoms with Gasteiger partial charge in [-0.1, -0.05) is 60.7 Å². The monoisotopic (exact) mass is 351 g/mol. The Kier molecular flexibility index (Phi) is 5.19. The van der Waals surface area contributed by atoms with Gasteiger partial charge in [0.25, 0.3) is 0 Å². The van der Waals surface area contributed by atoms with E-state index in [9.17, 15) is 8.42 Å². The van der Waals surface area contributed by atoms with Crippen LogP contribution < -0.4 is 5.32 Å². The largest absolute Gasteiger partial charge is 0.378 e. The van der Waals surface area contributed by atoms with Crippen LogP contribution in [-0.4, -0.2) is 14.7 Å². The number of para-hydroxylation sites is 1. The lowest BCUT2D eigenvalue weighted by Crippen LogP contribution is -2.13. The topological polar surface area (TPSA) is 46.2 Å². The molecule has 0 aliphatic heterocycles. The highest BCUT2D eigenvalue weighted by Gasteiger charge is 2.13. The minimum Gasteiger partial charge on any atom is -0.378 e. The SMILES string of the molecule is CS(=O)(=O)c1ccc(CC(Nc2ccccc2)c2ccccc2)cc1. The van der Waals surface area contributed by atoms with Crippen LogP contribution >= 0.6 is 0 Å². The Balaban J connectivity index is 1.85. The van der Waals surface area contributed by atoms with Crippen molar-refractivity contribution < 1.29 is 8.42 Å². The molecule has 0 radical (unpaired) electrons. The van der Waals surface area contributed by atoms with Gasteiger partial charge in [-0.3, -0.25) is 0 Å². The minimum absolute atomic E-state index is 0.104. The van der Waals surface area contributed by atoms with Crippen molar-refractivity contribution in [3.05, 3.63) is 96.1 Å². The maximum atomic E-state index is 11.6. The fraction of sp³-hybridized carbons (Fsp3) is 0.143. The third-order valence-electron chi connectivity index (χ3n) is 4.11. The smallest absolute Gasteiger partial charge is 0.175 e. The van der Waals surface area contributed by atoms with E-state index in [1.165, 1.54) is 11.8 Å². The summed E-state index contributed by atoms with van der Waals surface area (Å²) in [5.74, 6) is 0. The second-order valence-electron chi connectivity index (χ2n) is 6.09. The van der Waals surface area contributed by atoms with Gasteiger partial charge >= 0.3 is 0 Å². The predicted molar refractivity (Wildman–Crippen MR) is 103 cm³/mol. The van der Waals surface area contributed by atoms with E-state index in [1.807, 2.05) is 60.7 Å². The van der Waals surface area contributed by atoms with Crippen LogP contribution in [0, 0.1) is 0 Å². The molecular weight excluding hydrogens is 330 g/mol. The van der Waals surface area contributed by atoms with Gasteiger partial charge in [-0.2, -0.15) is 0 Å². The van der Waals surface area contributed by atoms with E-state index < -0.39 is 9.84 Å². The van der Waals surface area contributed by atoms with Crippen molar-refractivity contribution in [1.82, 2.24) is 0 Å². The first-order valence-corrected chi connectivity index (χ1v) is 10.1. The normalized spacial score (nSPS) is 12.5. The molecule has 0 amide bonds. The molecule has 0 aliphatic rings. The number of nitrogens with one attached hydrogen (secondary N) is 1. The van der Waals surface area contributed by atoms with Crippen LogP contribution in [0.2, 0.25) is 0 Å². The first-order valence-electron chi connectivity index (χ1n) is 8.18. The molecular formula is C21H21NO2S. The summed E-state index contributed by atoms with van der Waals surface area (Å²) in [6, 6.07) is 27.6. The lowest BCUT2D eigenvalue weighted by molar-refractivity contribution is 0.602. The molecule has 0 aromatic heterocycles. The van der Waals surface area contributed by atoms with Crippen LogP contribution in [0.5, 0.6) is 0 Å². The Morgan fingerprint density at radius 1 is 0.800 bits per heavy atom. The molecule has 1 atom stereocenters. The Hall–Kier alpha value is -2.59. The number of rotatable bonds is 6. The molecule has 0 saturated carbocycles. The highest BCUT2D eigenvalue weighted by Crippen LogP contribution is 2.24. The first kappa shape index (κ1) is 17.2. The molecule has 0 spiro atoms. The summed E-state index contributed by atoms with van der Waals surface area (Å²) in [4.78, 5) is 0.350. The van der Waals surface area contributed by atoms with Gasteiger partial charge in [0.15, 0.2) is 9.84 Å². The summed E-state index contributed by atoms with van der Waals surface area (Å²) in [6.07, 6.45) is 1.99. The Bertz CT molecular complexity index is 905. The lowest BCUT2D eigenvalue weighted by Gasteiger charge is -2.21. The average molecular weight is 351 g/mol. The Morgan fingerprint density at radius 2 is 1.36 bits per heavy atom. The van der Waals surface area contributed by atoms with Crippen LogP contribution in [0.3, 0.4) is 0 Å². The highest BCUT2D eigenvalue weighted by atomic mass is 32.2. The standard InChI is InChI=1S/C21H21NO2S/c1-25(23,24)20-14-12-17(13-15-20)16-21(18-8-4-2-5-9-18)22-19-10-6-3-7-11-19/h2-15,21-22H,16H2,1H3. The van der Waals surface area contributed by atoms with Crippen molar-refractivity contribution in [2.75, 3.05) is 11.6 Å². The number of anilines is 1. The van der Waals surface area contributed by atoms with Crippen molar-refractivity contribution in [3.63, 3.8) is 0 Å². The summed E-state index contributed by atoms with van der Waals surface area (Å²) in [7, 11) is -3.16. The molecule has 3 rings (SSSR count). The quantitative estimate of drug-likeness (QED) is 0.712. The molecule has 3 aromatic carbocycles.